The highest BCUT2D eigenvalue weighted by molar-refractivity contribution is 9.10. The van der Waals surface area contributed by atoms with Crippen LogP contribution in [-0.2, 0) is 0 Å². The third-order valence-electron chi connectivity index (χ3n) is 1.62. The Balaban J connectivity index is 2.57. The Labute approximate surface area is 87.0 Å². The number of nitrogen functional groups attached to an aromatic ring is 1. The fourth-order valence-electron chi connectivity index (χ4n) is 1.01. The summed E-state index contributed by atoms with van der Waals surface area (Å²) < 4.78 is 18.6. The quantitative estimate of drug-likeness (QED) is 0.851. The average molecular weight is 258 g/mol. The minimum atomic E-state index is -0.448. The SMILES string of the molecule is Nc1noc(-c2cccc(Br)c2F)n1. The summed E-state index contributed by atoms with van der Waals surface area (Å²) in [4.78, 5) is 3.72. The molecule has 6 heteroatoms. The first-order valence-electron chi connectivity index (χ1n) is 3.72. The summed E-state index contributed by atoms with van der Waals surface area (Å²) in [6.07, 6.45) is 0. The van der Waals surface area contributed by atoms with Gasteiger partial charge in [-0.05, 0) is 33.2 Å². The zero-order valence-electron chi connectivity index (χ0n) is 6.87. The van der Waals surface area contributed by atoms with Gasteiger partial charge in [0.2, 0.25) is 0 Å². The lowest BCUT2D eigenvalue weighted by Gasteiger charge is -1.97. The van der Waals surface area contributed by atoms with Crippen LogP contribution in [0.25, 0.3) is 11.5 Å². The van der Waals surface area contributed by atoms with E-state index in [4.69, 9.17) is 10.3 Å². The van der Waals surface area contributed by atoms with E-state index in [1.165, 1.54) is 6.07 Å². The van der Waals surface area contributed by atoms with Gasteiger partial charge in [-0.15, -0.1) is 0 Å². The maximum absolute atomic E-state index is 13.5. The van der Waals surface area contributed by atoms with Crippen molar-refractivity contribution in [3.8, 4) is 11.5 Å². The van der Waals surface area contributed by atoms with E-state index in [2.05, 4.69) is 26.1 Å². The van der Waals surface area contributed by atoms with Crippen molar-refractivity contribution in [2.75, 3.05) is 5.73 Å². The van der Waals surface area contributed by atoms with Gasteiger partial charge >= 0.3 is 0 Å². The van der Waals surface area contributed by atoms with Crippen molar-refractivity contribution in [2.24, 2.45) is 0 Å². The Hall–Kier alpha value is -1.43. The molecule has 0 aliphatic heterocycles. The van der Waals surface area contributed by atoms with E-state index < -0.39 is 5.82 Å². The molecule has 2 N–H and O–H groups in total. The Bertz CT molecular complexity index is 471. The third kappa shape index (κ3) is 1.48. The van der Waals surface area contributed by atoms with E-state index in [0.717, 1.165) is 0 Å². The highest BCUT2D eigenvalue weighted by Crippen LogP contribution is 2.26. The Morgan fingerprint density at radius 2 is 2.21 bits per heavy atom. The number of hydrogen-bond donors (Lipinski definition) is 1. The van der Waals surface area contributed by atoms with E-state index in [9.17, 15) is 4.39 Å². The van der Waals surface area contributed by atoms with Crippen LogP contribution in [0.1, 0.15) is 0 Å². The summed E-state index contributed by atoms with van der Waals surface area (Å²) in [5, 5.41) is 3.37. The highest BCUT2D eigenvalue weighted by atomic mass is 79.9. The van der Waals surface area contributed by atoms with Gasteiger partial charge in [0.25, 0.3) is 11.8 Å². The predicted octanol–water partition coefficient (Wildman–Crippen LogP) is 2.22. The number of nitrogens with zero attached hydrogens (tertiary/aromatic N) is 2. The largest absolute Gasteiger partial charge is 0.365 e. The van der Waals surface area contributed by atoms with Crippen LogP contribution >= 0.6 is 15.9 Å². The Morgan fingerprint density at radius 1 is 1.43 bits per heavy atom. The number of benzene rings is 1. The molecular weight excluding hydrogens is 253 g/mol. The first-order valence-corrected chi connectivity index (χ1v) is 4.51. The fraction of sp³-hybridized carbons (Fsp3) is 0. The van der Waals surface area contributed by atoms with Crippen molar-refractivity contribution in [3.63, 3.8) is 0 Å². The number of hydrogen-bond acceptors (Lipinski definition) is 4. The van der Waals surface area contributed by atoms with E-state index in [-0.39, 0.29) is 17.4 Å². The molecule has 0 amide bonds. The predicted molar refractivity (Wildman–Crippen MR) is 51.8 cm³/mol. The molecule has 1 heterocycles. The fourth-order valence-corrected chi connectivity index (χ4v) is 1.38. The minimum Gasteiger partial charge on any atom is -0.365 e. The van der Waals surface area contributed by atoms with Crippen LogP contribution in [-0.4, -0.2) is 10.1 Å². The topological polar surface area (TPSA) is 64.9 Å². The molecule has 0 spiro atoms. The van der Waals surface area contributed by atoms with Gasteiger partial charge in [0.15, 0.2) is 0 Å². The molecule has 72 valence electrons. The van der Waals surface area contributed by atoms with E-state index in [0.29, 0.717) is 4.47 Å². The van der Waals surface area contributed by atoms with Gasteiger partial charge in [0, 0.05) is 0 Å². The molecule has 2 aromatic rings. The molecule has 0 aliphatic carbocycles. The van der Waals surface area contributed by atoms with E-state index >= 15 is 0 Å². The lowest BCUT2D eigenvalue weighted by Crippen LogP contribution is -1.88. The van der Waals surface area contributed by atoms with Gasteiger partial charge in [-0.2, -0.15) is 4.98 Å². The van der Waals surface area contributed by atoms with E-state index in [1.54, 1.807) is 12.1 Å². The van der Waals surface area contributed by atoms with Crippen LogP contribution in [0.3, 0.4) is 0 Å². The number of halogens is 2. The van der Waals surface area contributed by atoms with Crippen molar-refractivity contribution in [1.29, 1.82) is 0 Å². The molecule has 0 fully saturated rings. The molecular formula is C8H5BrFN3O. The van der Waals surface area contributed by atoms with Gasteiger partial charge in [-0.1, -0.05) is 6.07 Å². The molecule has 0 radical (unpaired) electrons. The zero-order valence-corrected chi connectivity index (χ0v) is 8.45. The molecule has 0 saturated heterocycles. The van der Waals surface area contributed by atoms with Crippen molar-refractivity contribution >= 4 is 21.9 Å². The van der Waals surface area contributed by atoms with Gasteiger partial charge in [-0.25, -0.2) is 4.39 Å². The average Bonchev–Trinajstić information content (AvgIpc) is 2.57. The summed E-state index contributed by atoms with van der Waals surface area (Å²) in [5.74, 6) is -0.392. The van der Waals surface area contributed by atoms with Crippen molar-refractivity contribution in [1.82, 2.24) is 10.1 Å². The molecule has 0 aliphatic rings. The Morgan fingerprint density at radius 3 is 2.86 bits per heavy atom. The van der Waals surface area contributed by atoms with E-state index in [1.807, 2.05) is 0 Å². The van der Waals surface area contributed by atoms with Gasteiger partial charge < -0.3 is 10.3 Å². The van der Waals surface area contributed by atoms with Crippen LogP contribution in [0.15, 0.2) is 27.2 Å². The summed E-state index contributed by atoms with van der Waals surface area (Å²) in [6.45, 7) is 0. The second-order valence-electron chi connectivity index (χ2n) is 2.56. The van der Waals surface area contributed by atoms with Crippen LogP contribution < -0.4 is 5.73 Å². The van der Waals surface area contributed by atoms with Gasteiger partial charge in [0.1, 0.15) is 5.82 Å². The molecule has 1 aromatic carbocycles. The molecule has 14 heavy (non-hydrogen) atoms. The molecule has 0 atom stereocenters. The van der Waals surface area contributed by atoms with Gasteiger partial charge in [0.05, 0.1) is 10.0 Å². The molecule has 2 rings (SSSR count). The van der Waals surface area contributed by atoms with Crippen molar-refractivity contribution in [3.05, 3.63) is 28.5 Å². The normalized spacial score (nSPS) is 10.4. The first-order chi connectivity index (χ1) is 6.68. The standard InChI is InChI=1S/C8H5BrFN3O/c9-5-3-1-2-4(6(5)10)7-12-8(11)13-14-7/h1-3H,(H2,11,13). The summed E-state index contributed by atoms with van der Waals surface area (Å²) in [6, 6.07) is 4.79. The summed E-state index contributed by atoms with van der Waals surface area (Å²) in [5.41, 5.74) is 5.48. The maximum atomic E-state index is 13.5. The van der Waals surface area contributed by atoms with Gasteiger partial charge in [-0.3, -0.25) is 0 Å². The lowest BCUT2D eigenvalue weighted by atomic mass is 10.2. The lowest BCUT2D eigenvalue weighted by molar-refractivity contribution is 0.430. The first kappa shape index (κ1) is 9.14. The van der Waals surface area contributed by atoms with Crippen LogP contribution in [0, 0.1) is 5.82 Å². The maximum Gasteiger partial charge on any atom is 0.262 e. The minimum absolute atomic E-state index is 0.0145. The second-order valence-corrected chi connectivity index (χ2v) is 3.41. The monoisotopic (exact) mass is 257 g/mol. The van der Waals surface area contributed by atoms with Crippen LogP contribution in [0.4, 0.5) is 10.3 Å². The molecule has 0 bridgehead atoms. The Kier molecular flexibility index (Phi) is 2.20. The molecule has 4 nitrogen and oxygen atoms in total. The smallest absolute Gasteiger partial charge is 0.262 e. The zero-order chi connectivity index (χ0) is 10.1. The number of anilines is 1. The van der Waals surface area contributed by atoms with Crippen molar-refractivity contribution < 1.29 is 8.91 Å². The summed E-state index contributed by atoms with van der Waals surface area (Å²) in [7, 11) is 0. The van der Waals surface area contributed by atoms with Crippen molar-refractivity contribution in [2.45, 2.75) is 0 Å². The third-order valence-corrected chi connectivity index (χ3v) is 2.24. The van der Waals surface area contributed by atoms with Crippen LogP contribution in [0.5, 0.6) is 0 Å². The number of nitrogens with two attached hydrogens (primary N) is 1. The summed E-state index contributed by atoms with van der Waals surface area (Å²) >= 11 is 3.05. The highest BCUT2D eigenvalue weighted by Gasteiger charge is 2.13. The van der Waals surface area contributed by atoms with Crippen LogP contribution in [0.2, 0.25) is 0 Å². The number of aromatic nitrogens is 2. The molecule has 1 aromatic heterocycles. The second kappa shape index (κ2) is 3.38. The number of rotatable bonds is 1. The molecule has 0 unspecified atom stereocenters. The molecule has 0 saturated carbocycles.